The third-order valence-corrected chi connectivity index (χ3v) is 5.14. The minimum Gasteiger partial charge on any atom is -0.480 e. The molecule has 2 N–H and O–H groups in total. The van der Waals surface area contributed by atoms with E-state index in [2.05, 4.69) is 12.2 Å². The number of carbonyl (C=O) groups is 1. The van der Waals surface area contributed by atoms with Crippen molar-refractivity contribution < 1.29 is 9.90 Å². The number of hydrogen-bond donors (Lipinski definition) is 2. The Kier molecular flexibility index (Phi) is 2.75. The predicted octanol–water partition coefficient (Wildman–Crippen LogP) is 1.68. The summed E-state index contributed by atoms with van der Waals surface area (Å²) in [6.45, 7) is 2.23. The van der Waals surface area contributed by atoms with Gasteiger partial charge in [-0.15, -0.1) is 11.8 Å². The lowest BCUT2D eigenvalue weighted by Gasteiger charge is -2.40. The maximum absolute atomic E-state index is 10.9. The minimum atomic E-state index is -0.691. The molecule has 1 aliphatic heterocycles. The fraction of sp³-hybridized carbons (Fsp3) is 0.900. The van der Waals surface area contributed by atoms with Crippen LogP contribution < -0.4 is 5.32 Å². The molecule has 2 rings (SSSR count). The Labute approximate surface area is 88.6 Å². The van der Waals surface area contributed by atoms with E-state index < -0.39 is 5.97 Å². The highest BCUT2D eigenvalue weighted by molar-refractivity contribution is 8.00. The smallest absolute Gasteiger partial charge is 0.320 e. The molecule has 14 heavy (non-hydrogen) atoms. The Hall–Kier alpha value is -0.220. The molecule has 3 unspecified atom stereocenters. The van der Waals surface area contributed by atoms with Crippen molar-refractivity contribution in [1.82, 2.24) is 5.32 Å². The summed E-state index contributed by atoms with van der Waals surface area (Å²) in [4.78, 5) is 11.0. The molecule has 1 spiro atoms. The molecule has 4 heteroatoms. The Morgan fingerprint density at radius 1 is 1.57 bits per heavy atom. The van der Waals surface area contributed by atoms with Gasteiger partial charge in [-0.25, -0.2) is 0 Å². The lowest BCUT2D eigenvalue weighted by Crippen LogP contribution is -2.55. The van der Waals surface area contributed by atoms with E-state index in [4.69, 9.17) is 5.11 Å². The number of thioether (sulfide) groups is 1. The molecule has 3 atom stereocenters. The molecular weight excluding hydrogens is 198 g/mol. The second-order valence-electron chi connectivity index (χ2n) is 4.36. The van der Waals surface area contributed by atoms with E-state index in [0.717, 1.165) is 18.6 Å². The van der Waals surface area contributed by atoms with Crippen LogP contribution in [0.1, 0.15) is 32.6 Å². The lowest BCUT2D eigenvalue weighted by molar-refractivity contribution is -0.140. The molecule has 0 aromatic carbocycles. The number of rotatable bonds is 1. The number of aliphatic carboxylic acids is 1. The molecule has 2 aliphatic rings. The van der Waals surface area contributed by atoms with E-state index >= 15 is 0 Å². The quantitative estimate of drug-likeness (QED) is 0.699. The van der Waals surface area contributed by atoms with Crippen LogP contribution in [-0.2, 0) is 4.79 Å². The molecular formula is C10H17NO2S. The Morgan fingerprint density at radius 3 is 2.93 bits per heavy atom. The van der Waals surface area contributed by atoms with Gasteiger partial charge in [0.25, 0.3) is 0 Å². The molecule has 1 heterocycles. The third kappa shape index (κ3) is 1.65. The van der Waals surface area contributed by atoms with Gasteiger partial charge in [-0.1, -0.05) is 13.3 Å². The van der Waals surface area contributed by atoms with Crippen LogP contribution >= 0.6 is 11.8 Å². The fourth-order valence-electron chi connectivity index (χ4n) is 2.53. The zero-order valence-electron chi connectivity index (χ0n) is 8.45. The first-order valence-corrected chi connectivity index (χ1v) is 6.27. The van der Waals surface area contributed by atoms with Gasteiger partial charge < -0.3 is 5.11 Å². The topological polar surface area (TPSA) is 49.3 Å². The van der Waals surface area contributed by atoms with Gasteiger partial charge in [0.2, 0.25) is 0 Å². The van der Waals surface area contributed by atoms with Gasteiger partial charge in [0.15, 0.2) is 0 Å². The van der Waals surface area contributed by atoms with E-state index in [-0.39, 0.29) is 10.9 Å². The molecule has 0 radical (unpaired) electrons. The zero-order valence-corrected chi connectivity index (χ0v) is 9.27. The second kappa shape index (κ2) is 3.74. The van der Waals surface area contributed by atoms with E-state index in [0.29, 0.717) is 5.92 Å². The molecule has 2 fully saturated rings. The van der Waals surface area contributed by atoms with Crippen molar-refractivity contribution in [2.75, 3.05) is 5.75 Å². The van der Waals surface area contributed by atoms with E-state index in [1.165, 1.54) is 12.8 Å². The predicted molar refractivity (Wildman–Crippen MR) is 57.4 cm³/mol. The highest BCUT2D eigenvalue weighted by Crippen LogP contribution is 2.46. The summed E-state index contributed by atoms with van der Waals surface area (Å²) in [6, 6.07) is -0.322. The number of hydrogen-bond acceptors (Lipinski definition) is 3. The van der Waals surface area contributed by atoms with Crippen molar-refractivity contribution in [3.8, 4) is 0 Å². The summed E-state index contributed by atoms with van der Waals surface area (Å²) in [5.41, 5.74) is 0. The summed E-state index contributed by atoms with van der Waals surface area (Å²) < 4.78 is 0. The Bertz CT molecular complexity index is 246. The highest BCUT2D eigenvalue weighted by atomic mass is 32.2. The minimum absolute atomic E-state index is 0.0707. The SMILES string of the molecule is CC1CCCC12NC(C(=O)O)CCS2. The van der Waals surface area contributed by atoms with Crippen molar-refractivity contribution in [2.24, 2.45) is 5.92 Å². The van der Waals surface area contributed by atoms with Gasteiger partial charge in [-0.05, 0) is 30.9 Å². The summed E-state index contributed by atoms with van der Waals surface area (Å²) >= 11 is 1.93. The van der Waals surface area contributed by atoms with Crippen LogP contribution in [0, 0.1) is 5.92 Å². The van der Waals surface area contributed by atoms with Gasteiger partial charge in [-0.3, -0.25) is 10.1 Å². The molecule has 80 valence electrons. The van der Waals surface area contributed by atoms with Gasteiger partial charge in [0, 0.05) is 0 Å². The van der Waals surface area contributed by atoms with E-state index in [1.54, 1.807) is 0 Å². The molecule has 1 aliphatic carbocycles. The van der Waals surface area contributed by atoms with Crippen LogP contribution in [0.2, 0.25) is 0 Å². The maximum atomic E-state index is 10.9. The summed E-state index contributed by atoms with van der Waals surface area (Å²) in [6.07, 6.45) is 4.34. The largest absolute Gasteiger partial charge is 0.480 e. The highest BCUT2D eigenvalue weighted by Gasteiger charge is 2.45. The van der Waals surface area contributed by atoms with Gasteiger partial charge in [0.05, 0.1) is 4.87 Å². The van der Waals surface area contributed by atoms with Crippen molar-refractivity contribution >= 4 is 17.7 Å². The first kappa shape index (κ1) is 10.3. The van der Waals surface area contributed by atoms with E-state index in [9.17, 15) is 4.79 Å². The van der Waals surface area contributed by atoms with Crippen LogP contribution in [0.5, 0.6) is 0 Å². The Morgan fingerprint density at radius 2 is 2.36 bits per heavy atom. The molecule has 1 saturated carbocycles. The number of carboxylic acids is 1. The van der Waals surface area contributed by atoms with Crippen LogP contribution in [0.4, 0.5) is 0 Å². The average molecular weight is 215 g/mol. The second-order valence-corrected chi connectivity index (χ2v) is 5.78. The number of carboxylic acid groups (broad SMARTS) is 1. The zero-order chi connectivity index (χ0) is 10.2. The van der Waals surface area contributed by atoms with Crippen LogP contribution in [0.3, 0.4) is 0 Å². The molecule has 0 amide bonds. The van der Waals surface area contributed by atoms with Crippen molar-refractivity contribution in [2.45, 2.75) is 43.5 Å². The first-order valence-electron chi connectivity index (χ1n) is 5.28. The normalized spacial score (nSPS) is 42.9. The van der Waals surface area contributed by atoms with Crippen molar-refractivity contribution in [3.05, 3.63) is 0 Å². The monoisotopic (exact) mass is 215 g/mol. The third-order valence-electron chi connectivity index (χ3n) is 3.46. The van der Waals surface area contributed by atoms with Gasteiger partial charge in [0.1, 0.15) is 6.04 Å². The van der Waals surface area contributed by atoms with Gasteiger partial charge in [-0.2, -0.15) is 0 Å². The molecule has 0 bridgehead atoms. The first-order chi connectivity index (χ1) is 6.64. The van der Waals surface area contributed by atoms with Crippen molar-refractivity contribution in [1.29, 1.82) is 0 Å². The molecule has 0 aromatic rings. The van der Waals surface area contributed by atoms with E-state index in [1.807, 2.05) is 11.8 Å². The maximum Gasteiger partial charge on any atom is 0.320 e. The summed E-state index contributed by atoms with van der Waals surface area (Å²) in [7, 11) is 0. The molecule has 0 aromatic heterocycles. The van der Waals surface area contributed by atoms with Crippen molar-refractivity contribution in [3.63, 3.8) is 0 Å². The molecule has 1 saturated heterocycles. The number of nitrogens with one attached hydrogen (secondary N) is 1. The van der Waals surface area contributed by atoms with Crippen LogP contribution in [0.25, 0.3) is 0 Å². The fourth-order valence-corrected chi connectivity index (χ4v) is 4.17. The molecule has 3 nitrogen and oxygen atoms in total. The standard InChI is InChI=1S/C10H17NO2S/c1-7-3-2-5-10(7)11-8(9(12)13)4-6-14-10/h7-8,11H,2-6H2,1H3,(H,12,13). The van der Waals surface area contributed by atoms with Crippen LogP contribution in [0.15, 0.2) is 0 Å². The summed E-state index contributed by atoms with van der Waals surface area (Å²) in [5, 5.41) is 12.3. The van der Waals surface area contributed by atoms with Gasteiger partial charge >= 0.3 is 5.97 Å². The summed E-state index contributed by atoms with van der Waals surface area (Å²) in [5.74, 6) is 0.896. The van der Waals surface area contributed by atoms with Crippen LogP contribution in [-0.4, -0.2) is 27.7 Å². The Balaban J connectivity index is 2.09. The average Bonchev–Trinajstić information content (AvgIpc) is 2.48. The lowest BCUT2D eigenvalue weighted by atomic mass is 10.0.